The molecule has 0 aliphatic heterocycles. The predicted octanol–water partition coefficient (Wildman–Crippen LogP) is 7.83. The zero-order chi connectivity index (χ0) is 27.2. The second-order valence-electron chi connectivity index (χ2n) is 9.21. The first kappa shape index (κ1) is 32.3. The van der Waals surface area contributed by atoms with Crippen molar-refractivity contribution in [3.63, 3.8) is 0 Å². The van der Waals surface area contributed by atoms with Gasteiger partial charge < -0.3 is 4.98 Å². The van der Waals surface area contributed by atoms with Gasteiger partial charge in [-0.25, -0.2) is 20.5 Å². The number of thiazole rings is 1. The van der Waals surface area contributed by atoms with Crippen molar-refractivity contribution < 1.29 is 29.3 Å². The molecule has 0 saturated heterocycles. The van der Waals surface area contributed by atoms with Crippen molar-refractivity contribution in [2.45, 2.75) is 52.4 Å². The van der Waals surface area contributed by atoms with Crippen molar-refractivity contribution in [1.82, 2.24) is 15.0 Å². The molecule has 200 valence electrons. The number of H-pyrrole nitrogens is 1. The summed E-state index contributed by atoms with van der Waals surface area (Å²) in [6.45, 7) is 13.1. The highest BCUT2D eigenvalue weighted by Crippen LogP contribution is 2.30. The van der Waals surface area contributed by atoms with Crippen LogP contribution < -0.4 is 0 Å². The standard InChI is InChI=1S/C11H14N2.C11H13NS.2CH4O3S/c2*1-11(2,3)10-12-8-6-4-5-7-9(8)13-10;2*1-5-4-3-2/h4-7H,1-3H3,(H,12,13);4-7H,1-3H3;2*2H,1H3. The van der Waals surface area contributed by atoms with Crippen LogP contribution in [0.2, 0.25) is 0 Å². The number of rotatable bonds is 4. The van der Waals surface area contributed by atoms with Gasteiger partial charge in [-0.15, -0.1) is 20.0 Å². The molecule has 4 rings (SSSR count). The minimum absolute atomic E-state index is 0.0962. The van der Waals surface area contributed by atoms with E-state index in [1.165, 1.54) is 9.71 Å². The number of hydrogen-bond donors (Lipinski definition) is 3. The maximum atomic E-state index is 7.32. The van der Waals surface area contributed by atoms with Crippen LogP contribution in [0.5, 0.6) is 0 Å². The van der Waals surface area contributed by atoms with Crippen molar-refractivity contribution in [3.05, 3.63) is 59.4 Å². The summed E-state index contributed by atoms with van der Waals surface area (Å²) in [6.07, 6.45) is 3.24. The van der Waals surface area contributed by atoms with Gasteiger partial charge in [0.25, 0.3) is 0 Å². The van der Waals surface area contributed by atoms with Gasteiger partial charge >= 0.3 is 0 Å². The van der Waals surface area contributed by atoms with Gasteiger partial charge in [0.15, 0.2) is 0 Å². The second-order valence-corrected chi connectivity index (χ2v) is 11.2. The van der Waals surface area contributed by atoms with Crippen molar-refractivity contribution >= 4 is 56.7 Å². The quantitative estimate of drug-likeness (QED) is 0.130. The third-order valence-electron chi connectivity index (χ3n) is 4.23. The molecule has 0 bridgehead atoms. The fourth-order valence-electron chi connectivity index (χ4n) is 2.56. The van der Waals surface area contributed by atoms with E-state index in [-0.39, 0.29) is 10.8 Å². The monoisotopic (exact) mass is 557 g/mol. The lowest BCUT2D eigenvalue weighted by molar-refractivity contribution is -0.432. The zero-order valence-corrected chi connectivity index (χ0v) is 24.2. The van der Waals surface area contributed by atoms with E-state index in [0.717, 1.165) is 46.5 Å². The fourth-order valence-corrected chi connectivity index (χ4v) is 3.71. The fraction of sp³-hybridized carbons (Fsp3) is 0.417. The molecule has 2 aromatic carbocycles. The molecule has 4 aromatic rings. The van der Waals surface area contributed by atoms with Crippen LogP contribution in [-0.4, -0.2) is 38.0 Å². The molecule has 0 radical (unpaired) electrons. The molecule has 0 amide bonds. The average Bonchev–Trinajstić information content (AvgIpc) is 3.46. The summed E-state index contributed by atoms with van der Waals surface area (Å²) in [4.78, 5) is 12.5. The van der Waals surface area contributed by atoms with Crippen molar-refractivity contribution in [1.29, 1.82) is 0 Å². The molecule has 0 saturated carbocycles. The van der Waals surface area contributed by atoms with Gasteiger partial charge in [-0.1, -0.05) is 75.9 Å². The van der Waals surface area contributed by atoms with Gasteiger partial charge in [0.2, 0.25) is 0 Å². The predicted molar refractivity (Wildman–Crippen MR) is 150 cm³/mol. The first-order valence-corrected chi connectivity index (χ1v) is 13.9. The molecule has 0 aliphatic carbocycles. The lowest BCUT2D eigenvalue weighted by Crippen LogP contribution is -2.12. The topological polar surface area (TPSA) is 119 Å². The summed E-state index contributed by atoms with van der Waals surface area (Å²) in [5, 5.41) is 22.2. The molecule has 0 spiro atoms. The molecule has 12 heteroatoms. The van der Waals surface area contributed by atoms with Gasteiger partial charge in [0.05, 0.1) is 26.3 Å². The Balaban J connectivity index is 0.000000266. The number of aromatic nitrogens is 3. The van der Waals surface area contributed by atoms with Gasteiger partial charge in [0.1, 0.15) is 5.82 Å². The third kappa shape index (κ3) is 11.5. The molecular formula is C24H35N3O6S3. The van der Waals surface area contributed by atoms with E-state index in [0.29, 0.717) is 0 Å². The van der Waals surface area contributed by atoms with E-state index in [9.17, 15) is 0 Å². The normalized spacial score (nSPS) is 11.2. The Kier molecular flexibility index (Phi) is 14.5. The van der Waals surface area contributed by atoms with Crippen LogP contribution in [0, 0.1) is 0 Å². The summed E-state index contributed by atoms with van der Waals surface area (Å²) >= 11 is 3.65. The summed E-state index contributed by atoms with van der Waals surface area (Å²) in [5.74, 6) is 1.05. The minimum atomic E-state index is 0.0962. The highest BCUT2D eigenvalue weighted by molar-refractivity contribution is 7.94. The first-order valence-electron chi connectivity index (χ1n) is 10.8. The molecule has 0 fully saturated rings. The van der Waals surface area contributed by atoms with E-state index in [1.54, 1.807) is 23.8 Å². The van der Waals surface area contributed by atoms with Crippen LogP contribution in [-0.2, 0) is 29.6 Å². The van der Waals surface area contributed by atoms with E-state index in [2.05, 4.69) is 99.5 Å². The highest BCUT2D eigenvalue weighted by Gasteiger charge is 2.18. The number of nitrogens with zero attached hydrogens (tertiary/aromatic N) is 2. The molecule has 0 atom stereocenters. The van der Waals surface area contributed by atoms with E-state index in [4.69, 9.17) is 10.5 Å². The van der Waals surface area contributed by atoms with Gasteiger partial charge in [-0.05, 0) is 24.3 Å². The molecule has 0 unspecified atom stereocenters. The van der Waals surface area contributed by atoms with Crippen LogP contribution in [0.25, 0.3) is 21.3 Å². The van der Waals surface area contributed by atoms with E-state index >= 15 is 0 Å². The summed E-state index contributed by atoms with van der Waals surface area (Å²) in [7, 11) is 0. The molecule has 2 heterocycles. The van der Waals surface area contributed by atoms with Crippen LogP contribution in [0.1, 0.15) is 52.4 Å². The number of para-hydroxylation sites is 3. The van der Waals surface area contributed by atoms with Crippen LogP contribution in [0.4, 0.5) is 0 Å². The van der Waals surface area contributed by atoms with Gasteiger partial charge in [-0.3, -0.25) is 0 Å². The van der Waals surface area contributed by atoms with Crippen LogP contribution in [0.3, 0.4) is 0 Å². The maximum Gasteiger partial charge on any atom is 0.112 e. The third-order valence-corrected chi connectivity index (χ3v) is 6.09. The highest BCUT2D eigenvalue weighted by atomic mass is 32.2. The Morgan fingerprint density at radius 2 is 1.28 bits per heavy atom. The Morgan fingerprint density at radius 3 is 1.69 bits per heavy atom. The van der Waals surface area contributed by atoms with Gasteiger partial charge in [-0.2, -0.15) is 0 Å². The Hall–Kier alpha value is -1.74. The minimum Gasteiger partial charge on any atom is -0.342 e. The molecule has 36 heavy (non-hydrogen) atoms. The van der Waals surface area contributed by atoms with Crippen molar-refractivity contribution in [2.75, 3.05) is 12.5 Å². The lowest BCUT2D eigenvalue weighted by Gasteiger charge is -2.13. The number of benzene rings is 2. The lowest BCUT2D eigenvalue weighted by atomic mass is 9.96. The molecule has 3 N–H and O–H groups in total. The molecule has 9 nitrogen and oxygen atoms in total. The molecular weight excluding hydrogens is 522 g/mol. The Bertz CT molecular complexity index is 979. The number of aromatic amines is 1. The number of hydrogen-bond acceptors (Lipinski definition) is 11. The van der Waals surface area contributed by atoms with E-state index < -0.39 is 0 Å². The number of fused-ring (bicyclic) bond motifs is 2. The smallest absolute Gasteiger partial charge is 0.112 e. The first-order chi connectivity index (χ1) is 17.0. The Labute approximate surface area is 224 Å². The molecule has 2 aromatic heterocycles. The van der Waals surface area contributed by atoms with Crippen LogP contribution >= 0.6 is 35.4 Å². The SMILES string of the molecule is CC(C)(C)c1nc2ccccc2[nH]1.CC(C)(C)c1nc2ccccc2s1.CSOOO.CSOOO. The number of imidazole rings is 1. The average molecular weight is 558 g/mol. The summed E-state index contributed by atoms with van der Waals surface area (Å²) in [6, 6.07) is 16.4. The van der Waals surface area contributed by atoms with E-state index in [1.807, 2.05) is 24.3 Å². The van der Waals surface area contributed by atoms with Crippen molar-refractivity contribution in [3.8, 4) is 0 Å². The second kappa shape index (κ2) is 16.2. The summed E-state index contributed by atoms with van der Waals surface area (Å²) < 4.78 is 8.90. The largest absolute Gasteiger partial charge is 0.342 e. The van der Waals surface area contributed by atoms with Gasteiger partial charge in [0, 0.05) is 47.4 Å². The molecule has 0 aliphatic rings. The summed E-state index contributed by atoms with van der Waals surface area (Å²) in [5.41, 5.74) is 3.56. The number of nitrogens with one attached hydrogen (secondary N) is 1. The maximum absolute atomic E-state index is 7.32. The van der Waals surface area contributed by atoms with Crippen molar-refractivity contribution in [2.24, 2.45) is 0 Å². The Morgan fingerprint density at radius 1 is 0.750 bits per heavy atom. The van der Waals surface area contributed by atoms with Crippen LogP contribution in [0.15, 0.2) is 48.5 Å². The zero-order valence-electron chi connectivity index (χ0n) is 21.8.